The molecule has 15 heavy (non-hydrogen) atoms. The zero-order valence-corrected chi connectivity index (χ0v) is 10.1. The van der Waals surface area contributed by atoms with Gasteiger partial charge in [0.2, 0.25) is 0 Å². The highest BCUT2D eigenvalue weighted by Gasteiger charge is 2.38. The number of carbonyl (C=O) groups is 1. The van der Waals surface area contributed by atoms with Gasteiger partial charge in [0.25, 0.3) is 0 Å². The Kier molecular flexibility index (Phi) is 5.12. The maximum Gasteiger partial charge on any atom is 0.303 e. The first-order valence-corrected chi connectivity index (χ1v) is 5.61. The van der Waals surface area contributed by atoms with Gasteiger partial charge in [-0.25, -0.2) is 0 Å². The van der Waals surface area contributed by atoms with Crippen LogP contribution in [0.25, 0.3) is 0 Å². The summed E-state index contributed by atoms with van der Waals surface area (Å²) in [5.41, 5.74) is 0. The van der Waals surface area contributed by atoms with Crippen molar-refractivity contribution in [2.75, 3.05) is 13.0 Å². The molecule has 1 heterocycles. The molecule has 1 fully saturated rings. The zero-order valence-electron chi connectivity index (χ0n) is 8.61. The van der Waals surface area contributed by atoms with Crippen LogP contribution >= 0.6 is 23.2 Å². The van der Waals surface area contributed by atoms with Gasteiger partial charge in [-0.3, -0.25) is 4.79 Å². The van der Waals surface area contributed by atoms with Crippen molar-refractivity contribution in [1.82, 2.24) is 0 Å². The van der Waals surface area contributed by atoms with Crippen molar-refractivity contribution >= 4 is 29.2 Å². The normalized spacial score (nSPS) is 36.3. The van der Waals surface area contributed by atoms with Crippen molar-refractivity contribution in [3.63, 3.8) is 0 Å². The van der Waals surface area contributed by atoms with Crippen LogP contribution in [0.3, 0.4) is 0 Å². The molecule has 0 N–H and O–H groups in total. The van der Waals surface area contributed by atoms with Crippen LogP contribution in [0.2, 0.25) is 0 Å². The zero-order chi connectivity index (χ0) is 11.4. The van der Waals surface area contributed by atoms with E-state index in [1.807, 2.05) is 0 Å². The maximum atomic E-state index is 10.8. The molecule has 88 valence electrons. The summed E-state index contributed by atoms with van der Waals surface area (Å²) in [6.07, 6.45) is -0.843. The summed E-state index contributed by atoms with van der Waals surface area (Å²) in [4.78, 5) is 10.8. The van der Waals surface area contributed by atoms with E-state index in [1.54, 1.807) is 0 Å². The lowest BCUT2D eigenvalue weighted by atomic mass is 10.1. The van der Waals surface area contributed by atoms with Gasteiger partial charge < -0.3 is 14.2 Å². The van der Waals surface area contributed by atoms with Gasteiger partial charge >= 0.3 is 5.97 Å². The van der Waals surface area contributed by atoms with E-state index in [0.717, 1.165) is 0 Å². The molecule has 1 aliphatic heterocycles. The molecule has 6 heteroatoms. The standard InChI is InChI=1S/C9H14Cl2O4/c1-5(12)14-7-3-6(11)8(4-10)15-9(7)13-2/h6-9H,3-4H2,1-2H3/t6-,7-,8-,9-/m0/s1. The highest BCUT2D eigenvalue weighted by molar-refractivity contribution is 6.23. The molecule has 0 saturated carbocycles. The van der Waals surface area contributed by atoms with E-state index in [-0.39, 0.29) is 17.5 Å². The number of halogens is 2. The Balaban J connectivity index is 2.60. The number of methoxy groups -OCH3 is 1. The Morgan fingerprint density at radius 1 is 1.60 bits per heavy atom. The molecule has 0 bridgehead atoms. The minimum Gasteiger partial charge on any atom is -0.457 e. The Hall–Kier alpha value is -0.0300. The predicted molar refractivity (Wildman–Crippen MR) is 56.2 cm³/mol. The fraction of sp³-hybridized carbons (Fsp3) is 0.889. The quantitative estimate of drug-likeness (QED) is 0.568. The number of hydrogen-bond donors (Lipinski definition) is 0. The van der Waals surface area contributed by atoms with Gasteiger partial charge in [0.05, 0.1) is 17.4 Å². The molecule has 0 radical (unpaired) electrons. The molecule has 1 aliphatic rings. The van der Waals surface area contributed by atoms with Gasteiger partial charge in [-0.2, -0.15) is 0 Å². The summed E-state index contributed by atoms with van der Waals surface area (Å²) in [6, 6.07) is 0. The van der Waals surface area contributed by atoms with E-state index < -0.39 is 12.4 Å². The van der Waals surface area contributed by atoms with Crippen LogP contribution in [0.1, 0.15) is 13.3 Å². The molecule has 0 aromatic rings. The summed E-state index contributed by atoms with van der Waals surface area (Å²) in [5, 5.41) is -0.266. The first-order chi connectivity index (χ1) is 7.08. The Morgan fingerprint density at radius 2 is 2.27 bits per heavy atom. The van der Waals surface area contributed by atoms with Gasteiger partial charge in [0.1, 0.15) is 0 Å². The van der Waals surface area contributed by atoms with E-state index in [1.165, 1.54) is 14.0 Å². The summed E-state index contributed by atoms with van der Waals surface area (Å²) < 4.78 is 15.6. The molecule has 4 nitrogen and oxygen atoms in total. The molecule has 1 saturated heterocycles. The molecule has 0 unspecified atom stereocenters. The van der Waals surface area contributed by atoms with Crippen molar-refractivity contribution in [3.05, 3.63) is 0 Å². The average molecular weight is 257 g/mol. The van der Waals surface area contributed by atoms with E-state index in [0.29, 0.717) is 12.3 Å². The molecule has 0 spiro atoms. The summed E-state index contributed by atoms with van der Waals surface area (Å²) in [5.74, 6) is -0.0836. The second kappa shape index (κ2) is 5.89. The van der Waals surface area contributed by atoms with Crippen molar-refractivity contribution in [3.8, 4) is 0 Å². The Bertz CT molecular complexity index is 224. The van der Waals surface area contributed by atoms with Crippen LogP contribution in [-0.4, -0.2) is 42.8 Å². The molecule has 4 atom stereocenters. The van der Waals surface area contributed by atoms with Gasteiger partial charge in [-0.05, 0) is 0 Å². The molecule has 0 amide bonds. The minimum atomic E-state index is -0.590. The van der Waals surface area contributed by atoms with Crippen molar-refractivity contribution < 1.29 is 19.0 Å². The third-order valence-electron chi connectivity index (χ3n) is 2.18. The fourth-order valence-electron chi connectivity index (χ4n) is 1.49. The lowest BCUT2D eigenvalue weighted by molar-refractivity contribution is -0.232. The summed E-state index contributed by atoms with van der Waals surface area (Å²) >= 11 is 11.7. The van der Waals surface area contributed by atoms with Crippen LogP contribution in [0.5, 0.6) is 0 Å². The van der Waals surface area contributed by atoms with Gasteiger partial charge in [0.15, 0.2) is 12.4 Å². The van der Waals surface area contributed by atoms with Crippen molar-refractivity contribution in [2.24, 2.45) is 0 Å². The van der Waals surface area contributed by atoms with Crippen LogP contribution in [-0.2, 0) is 19.0 Å². The number of esters is 1. The number of hydrogen-bond acceptors (Lipinski definition) is 4. The molecular formula is C9H14Cl2O4. The van der Waals surface area contributed by atoms with Crippen LogP contribution in [0.15, 0.2) is 0 Å². The van der Waals surface area contributed by atoms with Crippen molar-refractivity contribution in [1.29, 1.82) is 0 Å². The molecule has 0 aromatic carbocycles. The van der Waals surface area contributed by atoms with Crippen molar-refractivity contribution in [2.45, 2.75) is 37.2 Å². The van der Waals surface area contributed by atoms with Crippen LogP contribution in [0, 0.1) is 0 Å². The highest BCUT2D eigenvalue weighted by atomic mass is 35.5. The lowest BCUT2D eigenvalue weighted by Gasteiger charge is -2.36. The lowest BCUT2D eigenvalue weighted by Crippen LogP contribution is -2.48. The van der Waals surface area contributed by atoms with E-state index in [9.17, 15) is 4.79 Å². The van der Waals surface area contributed by atoms with E-state index >= 15 is 0 Å². The third-order valence-corrected chi connectivity index (χ3v) is 2.94. The second-order valence-electron chi connectivity index (χ2n) is 3.33. The predicted octanol–water partition coefficient (Wildman–Crippen LogP) is 1.53. The second-order valence-corrected chi connectivity index (χ2v) is 4.20. The van der Waals surface area contributed by atoms with Crippen LogP contribution in [0.4, 0.5) is 0 Å². The molecule has 0 aromatic heterocycles. The monoisotopic (exact) mass is 256 g/mol. The maximum absolute atomic E-state index is 10.8. The third kappa shape index (κ3) is 3.48. The molecular weight excluding hydrogens is 243 g/mol. The number of rotatable bonds is 3. The molecule has 0 aliphatic carbocycles. The minimum absolute atomic E-state index is 0.266. The average Bonchev–Trinajstić information content (AvgIpc) is 2.17. The first-order valence-electron chi connectivity index (χ1n) is 4.64. The first kappa shape index (κ1) is 13.0. The van der Waals surface area contributed by atoms with Gasteiger partial charge in [-0.15, -0.1) is 23.2 Å². The van der Waals surface area contributed by atoms with Gasteiger partial charge in [-0.1, -0.05) is 0 Å². The van der Waals surface area contributed by atoms with Crippen LogP contribution < -0.4 is 0 Å². The highest BCUT2D eigenvalue weighted by Crippen LogP contribution is 2.27. The number of ether oxygens (including phenoxy) is 3. The summed E-state index contributed by atoms with van der Waals surface area (Å²) in [6.45, 7) is 1.34. The summed E-state index contributed by atoms with van der Waals surface area (Å²) in [7, 11) is 1.49. The SMILES string of the molecule is CO[C@H]1O[C@@H](CCl)[C@@H](Cl)C[C@@H]1OC(C)=O. The van der Waals surface area contributed by atoms with E-state index in [2.05, 4.69) is 0 Å². The Morgan fingerprint density at radius 3 is 2.73 bits per heavy atom. The fourth-order valence-corrected chi connectivity index (χ4v) is 2.19. The number of alkyl halides is 2. The number of carbonyl (C=O) groups excluding carboxylic acids is 1. The largest absolute Gasteiger partial charge is 0.457 e. The van der Waals surface area contributed by atoms with E-state index in [4.69, 9.17) is 37.4 Å². The van der Waals surface area contributed by atoms with Gasteiger partial charge in [0, 0.05) is 20.5 Å². The topological polar surface area (TPSA) is 44.8 Å². The smallest absolute Gasteiger partial charge is 0.303 e. The Labute approximate surface area is 98.8 Å². The molecule has 1 rings (SSSR count).